The summed E-state index contributed by atoms with van der Waals surface area (Å²) in [5, 5.41) is 0. The first-order chi connectivity index (χ1) is 13.5. The number of carbonyl (C=O) groups excluding carboxylic acids is 2. The van der Waals surface area contributed by atoms with Crippen LogP contribution in [-0.2, 0) is 11.3 Å². The number of benzene rings is 2. The van der Waals surface area contributed by atoms with E-state index in [4.69, 9.17) is 19.9 Å². The minimum atomic E-state index is -0.509. The molecule has 2 N–H and O–H groups in total. The molecule has 0 aliphatic heterocycles. The van der Waals surface area contributed by atoms with Gasteiger partial charge in [0.25, 0.3) is 5.91 Å². The molecule has 0 aliphatic rings. The summed E-state index contributed by atoms with van der Waals surface area (Å²) in [4.78, 5) is 25.3. The molecule has 0 bridgehead atoms. The lowest BCUT2D eigenvalue weighted by Gasteiger charge is -2.22. The highest BCUT2D eigenvalue weighted by Crippen LogP contribution is 2.28. The molecule has 0 unspecified atom stereocenters. The van der Waals surface area contributed by atoms with Crippen molar-refractivity contribution in [3.05, 3.63) is 53.6 Å². The average molecular weight is 386 g/mol. The molecule has 0 heterocycles. The molecule has 0 saturated heterocycles. The van der Waals surface area contributed by atoms with Gasteiger partial charge < -0.3 is 24.8 Å². The topological polar surface area (TPSA) is 91.1 Å². The maximum absolute atomic E-state index is 12.5. The number of likely N-dealkylation sites (N-methyl/N-ethyl adjacent to an activating group) is 1. The van der Waals surface area contributed by atoms with E-state index in [9.17, 15) is 9.59 Å². The molecule has 0 fully saturated rings. The van der Waals surface area contributed by atoms with E-state index in [1.54, 1.807) is 36.3 Å². The summed E-state index contributed by atoms with van der Waals surface area (Å²) in [6.45, 7) is 5.24. The fourth-order valence-electron chi connectivity index (χ4n) is 2.63. The van der Waals surface area contributed by atoms with Crippen LogP contribution in [-0.4, -0.2) is 43.6 Å². The highest BCUT2D eigenvalue weighted by atomic mass is 16.5. The van der Waals surface area contributed by atoms with E-state index in [-0.39, 0.29) is 12.5 Å². The van der Waals surface area contributed by atoms with Crippen LogP contribution in [0.25, 0.3) is 0 Å². The number of ether oxygens (including phenoxy) is 3. The Morgan fingerprint density at radius 3 is 2.29 bits per heavy atom. The fraction of sp³-hybridized carbons (Fsp3) is 0.333. The van der Waals surface area contributed by atoms with Crippen LogP contribution in [0.5, 0.6) is 17.2 Å². The van der Waals surface area contributed by atoms with Gasteiger partial charge in [-0.15, -0.1) is 0 Å². The molecule has 2 amide bonds. The Morgan fingerprint density at radius 2 is 1.71 bits per heavy atom. The number of nitrogens with zero attached hydrogens (tertiary/aromatic N) is 1. The van der Waals surface area contributed by atoms with E-state index >= 15 is 0 Å². The smallest absolute Gasteiger partial charge is 0.260 e. The number of amides is 2. The molecular weight excluding hydrogens is 360 g/mol. The second kappa shape index (κ2) is 10.2. The zero-order valence-electron chi connectivity index (χ0n) is 16.4. The van der Waals surface area contributed by atoms with Crippen molar-refractivity contribution in [1.29, 1.82) is 0 Å². The van der Waals surface area contributed by atoms with Crippen LogP contribution in [0.3, 0.4) is 0 Å². The first kappa shape index (κ1) is 21.1. The van der Waals surface area contributed by atoms with Gasteiger partial charge in [-0.25, -0.2) is 0 Å². The Balaban J connectivity index is 1.98. The second-order valence-corrected chi connectivity index (χ2v) is 6.00. The Kier molecular flexibility index (Phi) is 7.68. The van der Waals surface area contributed by atoms with Crippen molar-refractivity contribution in [2.75, 3.05) is 26.9 Å². The Hall–Kier alpha value is -3.22. The van der Waals surface area contributed by atoms with Gasteiger partial charge in [0.15, 0.2) is 18.1 Å². The van der Waals surface area contributed by atoms with Gasteiger partial charge in [0, 0.05) is 18.7 Å². The maximum atomic E-state index is 12.5. The summed E-state index contributed by atoms with van der Waals surface area (Å²) in [6, 6.07) is 12.0. The summed E-state index contributed by atoms with van der Waals surface area (Å²) in [5.74, 6) is 1.15. The van der Waals surface area contributed by atoms with Crippen LogP contribution in [0, 0.1) is 0 Å². The summed E-state index contributed by atoms with van der Waals surface area (Å²) >= 11 is 0. The predicted octanol–water partition coefficient (Wildman–Crippen LogP) is 2.62. The van der Waals surface area contributed by atoms with Gasteiger partial charge >= 0.3 is 0 Å². The second-order valence-electron chi connectivity index (χ2n) is 6.00. The molecule has 28 heavy (non-hydrogen) atoms. The Labute approximate surface area is 165 Å². The van der Waals surface area contributed by atoms with Crippen molar-refractivity contribution < 1.29 is 23.8 Å². The van der Waals surface area contributed by atoms with E-state index in [2.05, 4.69) is 0 Å². The zero-order valence-corrected chi connectivity index (χ0v) is 16.4. The minimum absolute atomic E-state index is 0.0993. The van der Waals surface area contributed by atoms with Crippen LogP contribution >= 0.6 is 0 Å². The molecule has 0 atom stereocenters. The van der Waals surface area contributed by atoms with E-state index < -0.39 is 5.91 Å². The zero-order chi connectivity index (χ0) is 20.5. The van der Waals surface area contributed by atoms with Crippen molar-refractivity contribution in [1.82, 2.24) is 4.90 Å². The molecule has 7 heteroatoms. The van der Waals surface area contributed by atoms with Crippen molar-refractivity contribution in [2.24, 2.45) is 5.73 Å². The van der Waals surface area contributed by atoms with Gasteiger partial charge in [-0.05, 0) is 55.8 Å². The van der Waals surface area contributed by atoms with Gasteiger partial charge in [-0.2, -0.15) is 0 Å². The predicted molar refractivity (Wildman–Crippen MR) is 106 cm³/mol. The summed E-state index contributed by atoms with van der Waals surface area (Å²) in [5.41, 5.74) is 6.53. The van der Waals surface area contributed by atoms with Gasteiger partial charge in [0.05, 0.1) is 13.7 Å². The minimum Gasteiger partial charge on any atom is -0.493 e. The number of carbonyl (C=O) groups is 2. The van der Waals surface area contributed by atoms with Crippen LogP contribution in [0.1, 0.15) is 29.8 Å². The highest BCUT2D eigenvalue weighted by molar-refractivity contribution is 5.92. The van der Waals surface area contributed by atoms with Crippen LogP contribution in [0.15, 0.2) is 42.5 Å². The molecule has 0 aliphatic carbocycles. The molecule has 0 spiro atoms. The third-order valence-corrected chi connectivity index (χ3v) is 4.14. The molecule has 150 valence electrons. The summed E-state index contributed by atoms with van der Waals surface area (Å²) in [7, 11) is 1.59. The monoisotopic (exact) mass is 386 g/mol. The van der Waals surface area contributed by atoms with Crippen LogP contribution < -0.4 is 19.9 Å². The Morgan fingerprint density at radius 1 is 1.00 bits per heavy atom. The normalized spacial score (nSPS) is 10.2. The molecule has 2 rings (SSSR count). The maximum Gasteiger partial charge on any atom is 0.260 e. The van der Waals surface area contributed by atoms with Crippen molar-refractivity contribution in [3.8, 4) is 17.2 Å². The van der Waals surface area contributed by atoms with Crippen molar-refractivity contribution >= 4 is 11.8 Å². The molecular formula is C21H26N2O5. The molecule has 0 saturated carbocycles. The number of hydrogen-bond donors (Lipinski definition) is 1. The average Bonchev–Trinajstić information content (AvgIpc) is 2.71. The number of nitrogens with two attached hydrogens (primary N) is 1. The summed E-state index contributed by atoms with van der Waals surface area (Å²) in [6.07, 6.45) is 0. The van der Waals surface area contributed by atoms with Gasteiger partial charge in [-0.3, -0.25) is 9.59 Å². The standard InChI is InChI=1S/C21H26N2O5/c1-4-23(13-15-6-11-18(27-5-2)19(12-15)26-3)20(24)14-28-17-9-7-16(8-10-17)21(22)25/h6-12H,4-5,13-14H2,1-3H3,(H2,22,25). The molecule has 0 aromatic heterocycles. The lowest BCUT2D eigenvalue weighted by molar-refractivity contribution is -0.133. The Bertz CT molecular complexity index is 805. The first-order valence-corrected chi connectivity index (χ1v) is 9.08. The van der Waals surface area contributed by atoms with Gasteiger partial charge in [0.2, 0.25) is 5.91 Å². The van der Waals surface area contributed by atoms with Gasteiger partial charge in [-0.1, -0.05) is 6.07 Å². The highest BCUT2D eigenvalue weighted by Gasteiger charge is 2.15. The third kappa shape index (κ3) is 5.64. The molecule has 0 radical (unpaired) electrons. The van der Waals surface area contributed by atoms with Gasteiger partial charge in [0.1, 0.15) is 5.75 Å². The van der Waals surface area contributed by atoms with Crippen molar-refractivity contribution in [2.45, 2.75) is 20.4 Å². The lowest BCUT2D eigenvalue weighted by Crippen LogP contribution is -2.34. The third-order valence-electron chi connectivity index (χ3n) is 4.14. The first-order valence-electron chi connectivity index (χ1n) is 9.08. The largest absolute Gasteiger partial charge is 0.493 e. The summed E-state index contributed by atoms with van der Waals surface area (Å²) < 4.78 is 16.4. The van der Waals surface area contributed by atoms with E-state index in [1.807, 2.05) is 32.0 Å². The fourth-order valence-corrected chi connectivity index (χ4v) is 2.63. The van der Waals surface area contributed by atoms with E-state index in [0.717, 1.165) is 5.56 Å². The number of methoxy groups -OCH3 is 1. The molecule has 7 nitrogen and oxygen atoms in total. The molecule has 2 aromatic rings. The number of primary amides is 1. The number of hydrogen-bond acceptors (Lipinski definition) is 5. The van der Waals surface area contributed by atoms with Crippen molar-refractivity contribution in [3.63, 3.8) is 0 Å². The quantitative estimate of drug-likeness (QED) is 0.678. The van der Waals surface area contributed by atoms with Crippen LogP contribution in [0.2, 0.25) is 0 Å². The SMILES string of the molecule is CCOc1ccc(CN(CC)C(=O)COc2ccc(C(N)=O)cc2)cc1OC. The number of rotatable bonds is 10. The van der Waals surface area contributed by atoms with E-state index in [0.29, 0.717) is 42.5 Å². The molecule has 2 aromatic carbocycles. The lowest BCUT2D eigenvalue weighted by atomic mass is 10.2. The van der Waals surface area contributed by atoms with E-state index in [1.165, 1.54) is 0 Å². The van der Waals surface area contributed by atoms with Crippen LogP contribution in [0.4, 0.5) is 0 Å².